The third-order valence-electron chi connectivity index (χ3n) is 2.90. The number of piperazine rings is 1. The fourth-order valence-corrected chi connectivity index (χ4v) is 2.14. The minimum absolute atomic E-state index is 0.405. The van der Waals surface area contributed by atoms with Crippen LogP contribution < -0.4 is 10.2 Å². The minimum atomic E-state index is -0.850. The van der Waals surface area contributed by atoms with Crippen LogP contribution in [0, 0.1) is 6.92 Å². The molecule has 4 nitrogen and oxygen atoms in total. The minimum Gasteiger partial charge on any atom is -0.478 e. The van der Waals surface area contributed by atoms with Crippen molar-refractivity contribution in [3.63, 3.8) is 0 Å². The lowest BCUT2D eigenvalue weighted by molar-refractivity contribution is 0.0697. The molecule has 1 aliphatic rings. The first kappa shape index (κ1) is 11.0. The number of carbonyl (C=O) groups is 1. The average molecular weight is 220 g/mol. The molecule has 1 saturated heterocycles. The van der Waals surface area contributed by atoms with Crippen molar-refractivity contribution < 1.29 is 9.90 Å². The van der Waals surface area contributed by atoms with Gasteiger partial charge in [0.1, 0.15) is 0 Å². The molecular weight excluding hydrogens is 204 g/mol. The summed E-state index contributed by atoms with van der Waals surface area (Å²) in [7, 11) is 0. The number of anilines is 1. The van der Waals surface area contributed by atoms with Crippen molar-refractivity contribution in [2.24, 2.45) is 0 Å². The first-order valence-electron chi connectivity index (χ1n) is 5.48. The Kier molecular flexibility index (Phi) is 3.10. The highest BCUT2D eigenvalue weighted by molar-refractivity contribution is 5.95. The number of hydrogen-bond acceptors (Lipinski definition) is 3. The summed E-state index contributed by atoms with van der Waals surface area (Å²) in [6, 6.07) is 5.43. The summed E-state index contributed by atoms with van der Waals surface area (Å²) < 4.78 is 0. The SMILES string of the molecule is Cc1cccc(C(=O)O)c1N1CCNCC1. The maximum atomic E-state index is 11.2. The zero-order valence-corrected chi connectivity index (χ0v) is 9.36. The summed E-state index contributed by atoms with van der Waals surface area (Å²) in [5.41, 5.74) is 2.31. The lowest BCUT2D eigenvalue weighted by Crippen LogP contribution is -2.44. The van der Waals surface area contributed by atoms with Crippen molar-refractivity contribution in [1.29, 1.82) is 0 Å². The van der Waals surface area contributed by atoms with Crippen LogP contribution in [0.1, 0.15) is 15.9 Å². The average Bonchev–Trinajstić information content (AvgIpc) is 2.29. The number of benzene rings is 1. The Hall–Kier alpha value is -1.55. The maximum Gasteiger partial charge on any atom is 0.337 e. The van der Waals surface area contributed by atoms with E-state index < -0.39 is 5.97 Å². The third kappa shape index (κ3) is 2.02. The molecule has 0 aliphatic carbocycles. The lowest BCUT2D eigenvalue weighted by Gasteiger charge is -2.31. The summed E-state index contributed by atoms with van der Waals surface area (Å²) in [6.07, 6.45) is 0. The Morgan fingerprint density at radius 3 is 2.69 bits per heavy atom. The van der Waals surface area contributed by atoms with Gasteiger partial charge >= 0.3 is 5.97 Å². The van der Waals surface area contributed by atoms with Crippen LogP contribution in [-0.4, -0.2) is 37.3 Å². The predicted octanol–water partition coefficient (Wildman–Crippen LogP) is 1.10. The molecule has 0 aromatic heterocycles. The fraction of sp³-hybridized carbons (Fsp3) is 0.417. The third-order valence-corrected chi connectivity index (χ3v) is 2.90. The van der Waals surface area contributed by atoms with E-state index in [4.69, 9.17) is 0 Å². The van der Waals surface area contributed by atoms with Gasteiger partial charge in [0.05, 0.1) is 11.3 Å². The van der Waals surface area contributed by atoms with E-state index in [1.165, 1.54) is 0 Å². The van der Waals surface area contributed by atoms with E-state index in [0.29, 0.717) is 5.56 Å². The second kappa shape index (κ2) is 4.53. The van der Waals surface area contributed by atoms with Gasteiger partial charge in [0.25, 0.3) is 0 Å². The van der Waals surface area contributed by atoms with Crippen LogP contribution in [0.15, 0.2) is 18.2 Å². The number of carboxylic acid groups (broad SMARTS) is 1. The second-order valence-electron chi connectivity index (χ2n) is 4.01. The fourth-order valence-electron chi connectivity index (χ4n) is 2.14. The number of carboxylic acids is 1. The molecule has 1 aromatic rings. The van der Waals surface area contributed by atoms with Crippen LogP contribution in [0.5, 0.6) is 0 Å². The van der Waals surface area contributed by atoms with Gasteiger partial charge in [-0.2, -0.15) is 0 Å². The number of rotatable bonds is 2. The van der Waals surface area contributed by atoms with Crippen molar-refractivity contribution in [3.8, 4) is 0 Å². The summed E-state index contributed by atoms with van der Waals surface area (Å²) in [4.78, 5) is 13.3. The largest absolute Gasteiger partial charge is 0.478 e. The molecule has 2 rings (SSSR count). The monoisotopic (exact) mass is 220 g/mol. The van der Waals surface area contributed by atoms with Crippen molar-refractivity contribution in [3.05, 3.63) is 29.3 Å². The number of nitrogens with one attached hydrogen (secondary N) is 1. The van der Waals surface area contributed by atoms with Gasteiger partial charge in [0, 0.05) is 26.2 Å². The number of aryl methyl sites for hydroxylation is 1. The molecule has 1 aliphatic heterocycles. The molecule has 0 unspecified atom stereocenters. The first-order chi connectivity index (χ1) is 7.70. The van der Waals surface area contributed by atoms with Gasteiger partial charge in [-0.05, 0) is 18.6 Å². The van der Waals surface area contributed by atoms with Gasteiger partial charge < -0.3 is 15.3 Å². The van der Waals surface area contributed by atoms with Crippen LogP contribution in [0.2, 0.25) is 0 Å². The molecule has 0 radical (unpaired) electrons. The molecule has 16 heavy (non-hydrogen) atoms. The van der Waals surface area contributed by atoms with E-state index in [2.05, 4.69) is 10.2 Å². The van der Waals surface area contributed by atoms with E-state index in [9.17, 15) is 9.90 Å². The van der Waals surface area contributed by atoms with E-state index >= 15 is 0 Å². The van der Waals surface area contributed by atoms with Crippen molar-refractivity contribution in [2.45, 2.75) is 6.92 Å². The van der Waals surface area contributed by atoms with Crippen LogP contribution in [-0.2, 0) is 0 Å². The standard InChI is InChI=1S/C12H16N2O2/c1-9-3-2-4-10(12(15)16)11(9)14-7-5-13-6-8-14/h2-4,13H,5-8H2,1H3,(H,15,16). The Labute approximate surface area is 94.9 Å². The Balaban J connectivity index is 2.40. The number of para-hydroxylation sites is 1. The highest BCUT2D eigenvalue weighted by Crippen LogP contribution is 2.25. The second-order valence-corrected chi connectivity index (χ2v) is 4.01. The summed E-state index contributed by atoms with van der Waals surface area (Å²) in [6.45, 7) is 5.51. The highest BCUT2D eigenvalue weighted by Gasteiger charge is 2.19. The molecule has 0 spiro atoms. The van der Waals surface area contributed by atoms with Crippen molar-refractivity contribution in [2.75, 3.05) is 31.1 Å². The van der Waals surface area contributed by atoms with Gasteiger partial charge in [-0.25, -0.2) is 4.79 Å². The van der Waals surface area contributed by atoms with Crippen molar-refractivity contribution in [1.82, 2.24) is 5.32 Å². The van der Waals surface area contributed by atoms with Gasteiger partial charge in [-0.1, -0.05) is 12.1 Å². The zero-order valence-electron chi connectivity index (χ0n) is 9.36. The van der Waals surface area contributed by atoms with Crippen LogP contribution in [0.3, 0.4) is 0 Å². The topological polar surface area (TPSA) is 52.6 Å². The smallest absolute Gasteiger partial charge is 0.337 e. The van der Waals surface area contributed by atoms with Crippen LogP contribution in [0.4, 0.5) is 5.69 Å². The van der Waals surface area contributed by atoms with Crippen molar-refractivity contribution >= 4 is 11.7 Å². The van der Waals surface area contributed by atoms with E-state index in [0.717, 1.165) is 37.4 Å². The van der Waals surface area contributed by atoms with Crippen LogP contribution in [0.25, 0.3) is 0 Å². The number of hydrogen-bond donors (Lipinski definition) is 2. The van der Waals surface area contributed by atoms with E-state index in [1.54, 1.807) is 12.1 Å². The molecule has 1 aromatic carbocycles. The molecule has 0 saturated carbocycles. The molecule has 1 heterocycles. The molecule has 1 fully saturated rings. The molecule has 4 heteroatoms. The zero-order chi connectivity index (χ0) is 11.5. The van der Waals surface area contributed by atoms with E-state index in [1.807, 2.05) is 13.0 Å². The molecule has 0 bridgehead atoms. The lowest BCUT2D eigenvalue weighted by atomic mass is 10.1. The predicted molar refractivity (Wildman–Crippen MR) is 63.2 cm³/mol. The highest BCUT2D eigenvalue weighted by atomic mass is 16.4. The van der Waals surface area contributed by atoms with Crippen LogP contribution >= 0.6 is 0 Å². The Bertz CT molecular complexity index is 398. The quantitative estimate of drug-likeness (QED) is 0.783. The van der Waals surface area contributed by atoms with E-state index in [-0.39, 0.29) is 0 Å². The first-order valence-corrected chi connectivity index (χ1v) is 5.48. The normalized spacial score (nSPS) is 16.2. The molecule has 86 valence electrons. The van der Waals surface area contributed by atoms with Gasteiger partial charge in [0.15, 0.2) is 0 Å². The van der Waals surface area contributed by atoms with Gasteiger partial charge in [-0.15, -0.1) is 0 Å². The number of nitrogens with zero attached hydrogens (tertiary/aromatic N) is 1. The summed E-state index contributed by atoms with van der Waals surface area (Å²) in [5, 5.41) is 12.4. The molecular formula is C12H16N2O2. The Morgan fingerprint density at radius 2 is 2.06 bits per heavy atom. The summed E-state index contributed by atoms with van der Waals surface area (Å²) in [5.74, 6) is -0.850. The molecule has 2 N–H and O–H groups in total. The maximum absolute atomic E-state index is 11.2. The van der Waals surface area contributed by atoms with Gasteiger partial charge in [0.2, 0.25) is 0 Å². The summed E-state index contributed by atoms with van der Waals surface area (Å²) >= 11 is 0. The van der Waals surface area contributed by atoms with Gasteiger partial charge in [-0.3, -0.25) is 0 Å². The number of aromatic carboxylic acids is 1. The Morgan fingerprint density at radius 1 is 1.38 bits per heavy atom. The molecule has 0 atom stereocenters. The molecule has 0 amide bonds.